The average Bonchev–Trinajstić information content (AvgIpc) is 2.76. The van der Waals surface area contributed by atoms with Crippen LogP contribution in [0.4, 0.5) is 5.69 Å². The molecule has 4 rings (SSSR count). The molecule has 0 saturated carbocycles. The van der Waals surface area contributed by atoms with E-state index in [4.69, 9.17) is 11.6 Å². The summed E-state index contributed by atoms with van der Waals surface area (Å²) in [6, 6.07) is 15.0. The molecule has 6 nitrogen and oxygen atoms in total. The van der Waals surface area contributed by atoms with Gasteiger partial charge in [-0.1, -0.05) is 33.6 Å². The smallest absolute Gasteiger partial charge is 0.244 e. The van der Waals surface area contributed by atoms with E-state index < -0.39 is 11.2 Å². The topological polar surface area (TPSA) is 81.1 Å². The van der Waals surface area contributed by atoms with Gasteiger partial charge in [0.1, 0.15) is 6.54 Å². The number of halogens is 2. The Bertz CT molecular complexity index is 1370. The number of fused-ring (bicyclic) bond motifs is 1. The maximum absolute atomic E-state index is 13.1. The van der Waals surface area contributed by atoms with Gasteiger partial charge in [-0.3, -0.25) is 19.4 Å². The number of nitrogens with zero attached hydrogens (tertiary/aromatic N) is 2. The van der Waals surface area contributed by atoms with Crippen molar-refractivity contribution < 1.29 is 9.59 Å². The van der Waals surface area contributed by atoms with Crippen molar-refractivity contribution >= 4 is 55.8 Å². The molecule has 0 radical (unpaired) electrons. The van der Waals surface area contributed by atoms with Crippen molar-refractivity contribution in [3.8, 4) is 0 Å². The predicted molar refractivity (Wildman–Crippen MR) is 124 cm³/mol. The zero-order valence-corrected chi connectivity index (χ0v) is 18.4. The molecule has 154 valence electrons. The van der Waals surface area contributed by atoms with Gasteiger partial charge in [-0.2, -0.15) is 0 Å². The summed E-state index contributed by atoms with van der Waals surface area (Å²) >= 11 is 9.34. The Labute approximate surface area is 190 Å². The van der Waals surface area contributed by atoms with Gasteiger partial charge in [-0.05, 0) is 48.5 Å². The number of nitrogens with one attached hydrogen (secondary N) is 1. The zero-order valence-electron chi connectivity index (χ0n) is 16.0. The highest BCUT2D eigenvalue weighted by molar-refractivity contribution is 9.10. The summed E-state index contributed by atoms with van der Waals surface area (Å²) in [4.78, 5) is 42.7. The molecule has 0 aliphatic heterocycles. The van der Waals surface area contributed by atoms with E-state index in [1.54, 1.807) is 59.2 Å². The summed E-state index contributed by atoms with van der Waals surface area (Å²) in [5, 5.41) is 3.62. The molecule has 0 aliphatic rings. The molecule has 0 spiro atoms. The number of aromatic nitrogens is 2. The van der Waals surface area contributed by atoms with E-state index in [0.29, 0.717) is 31.6 Å². The standard InChI is InChI=1S/C23H15BrClN3O3/c24-15-4-5-20-18(10-15)23(31)19(22(30)14-6-8-26-9-7-14)12-28(20)13-21(29)27-17-3-1-2-16(25)11-17/h1-12H,13H2,(H,27,29). The van der Waals surface area contributed by atoms with Gasteiger partial charge >= 0.3 is 0 Å². The third-order valence-corrected chi connectivity index (χ3v) is 5.38. The monoisotopic (exact) mass is 495 g/mol. The Morgan fingerprint density at radius 3 is 2.58 bits per heavy atom. The van der Waals surface area contributed by atoms with E-state index in [-0.39, 0.29) is 18.0 Å². The maximum Gasteiger partial charge on any atom is 0.244 e. The van der Waals surface area contributed by atoms with Crippen LogP contribution in [0.15, 0.2) is 82.5 Å². The molecule has 31 heavy (non-hydrogen) atoms. The lowest BCUT2D eigenvalue weighted by Crippen LogP contribution is -2.24. The lowest BCUT2D eigenvalue weighted by atomic mass is 10.0. The quantitative estimate of drug-likeness (QED) is 0.407. The van der Waals surface area contributed by atoms with Gasteiger partial charge in [0.2, 0.25) is 11.3 Å². The van der Waals surface area contributed by atoms with E-state index in [9.17, 15) is 14.4 Å². The van der Waals surface area contributed by atoms with E-state index in [1.807, 2.05) is 0 Å². The molecule has 8 heteroatoms. The summed E-state index contributed by atoms with van der Waals surface area (Å²) in [5.74, 6) is -0.754. The van der Waals surface area contributed by atoms with Gasteiger partial charge in [0.05, 0.1) is 11.1 Å². The number of pyridine rings is 2. The van der Waals surface area contributed by atoms with Crippen LogP contribution in [0, 0.1) is 0 Å². The number of ketones is 1. The van der Waals surface area contributed by atoms with Crippen LogP contribution in [0.2, 0.25) is 5.02 Å². The molecular formula is C23H15BrClN3O3. The van der Waals surface area contributed by atoms with Gasteiger partial charge in [0.15, 0.2) is 5.78 Å². The molecule has 0 fully saturated rings. The first-order chi connectivity index (χ1) is 14.9. The Kier molecular flexibility index (Phi) is 5.97. The number of benzene rings is 2. The van der Waals surface area contributed by atoms with Crippen molar-refractivity contribution in [2.75, 3.05) is 5.32 Å². The number of carbonyl (C=O) groups excluding carboxylic acids is 2. The molecule has 0 atom stereocenters. The molecule has 0 aliphatic carbocycles. The Hall–Kier alpha value is -3.29. The van der Waals surface area contributed by atoms with Crippen LogP contribution in [0.1, 0.15) is 15.9 Å². The molecule has 4 aromatic rings. The van der Waals surface area contributed by atoms with Crippen molar-refractivity contribution in [2.45, 2.75) is 6.54 Å². The van der Waals surface area contributed by atoms with Crippen molar-refractivity contribution in [3.05, 3.63) is 104 Å². The fourth-order valence-corrected chi connectivity index (χ4v) is 3.79. The van der Waals surface area contributed by atoms with Gasteiger partial charge in [-0.15, -0.1) is 0 Å². The van der Waals surface area contributed by atoms with Crippen LogP contribution in [0.3, 0.4) is 0 Å². The minimum atomic E-state index is -0.432. The third-order valence-electron chi connectivity index (χ3n) is 4.65. The average molecular weight is 497 g/mol. The first-order valence-electron chi connectivity index (χ1n) is 9.25. The Balaban J connectivity index is 1.77. The first-order valence-corrected chi connectivity index (χ1v) is 10.4. The molecule has 0 unspecified atom stereocenters. The first kappa shape index (κ1) is 21.0. The minimum Gasteiger partial charge on any atom is -0.337 e. The van der Waals surface area contributed by atoms with Crippen molar-refractivity contribution in [3.63, 3.8) is 0 Å². The van der Waals surface area contributed by atoms with Crippen molar-refractivity contribution in [2.24, 2.45) is 0 Å². The molecule has 0 saturated heterocycles. The van der Waals surface area contributed by atoms with Crippen molar-refractivity contribution in [1.29, 1.82) is 0 Å². The largest absolute Gasteiger partial charge is 0.337 e. The Morgan fingerprint density at radius 2 is 1.84 bits per heavy atom. The molecule has 2 aromatic carbocycles. The van der Waals surface area contributed by atoms with Crippen LogP contribution in [0.5, 0.6) is 0 Å². The van der Waals surface area contributed by atoms with Crippen LogP contribution in [-0.4, -0.2) is 21.2 Å². The van der Waals surface area contributed by atoms with Crippen LogP contribution < -0.4 is 10.7 Å². The summed E-state index contributed by atoms with van der Waals surface area (Å²) in [6.07, 6.45) is 4.41. The lowest BCUT2D eigenvalue weighted by Gasteiger charge is -2.14. The van der Waals surface area contributed by atoms with Crippen LogP contribution in [0.25, 0.3) is 10.9 Å². The molecule has 2 aromatic heterocycles. The van der Waals surface area contributed by atoms with Crippen LogP contribution >= 0.6 is 27.5 Å². The number of rotatable bonds is 5. The number of hydrogen-bond acceptors (Lipinski definition) is 4. The summed E-state index contributed by atoms with van der Waals surface area (Å²) in [5.41, 5.74) is 1.02. The van der Waals surface area contributed by atoms with E-state index in [2.05, 4.69) is 26.2 Å². The van der Waals surface area contributed by atoms with Crippen molar-refractivity contribution in [1.82, 2.24) is 9.55 Å². The summed E-state index contributed by atoms with van der Waals surface area (Å²) in [7, 11) is 0. The maximum atomic E-state index is 13.1. The second kappa shape index (κ2) is 8.83. The number of amides is 1. The second-order valence-electron chi connectivity index (χ2n) is 6.78. The highest BCUT2D eigenvalue weighted by atomic mass is 79.9. The third kappa shape index (κ3) is 4.57. The van der Waals surface area contributed by atoms with E-state index >= 15 is 0 Å². The fraction of sp³-hybridized carbons (Fsp3) is 0.0435. The predicted octanol–water partition coefficient (Wildman–Crippen LogP) is 4.68. The zero-order chi connectivity index (χ0) is 22.0. The molecule has 1 amide bonds. The second-order valence-corrected chi connectivity index (χ2v) is 8.14. The van der Waals surface area contributed by atoms with Gasteiger partial charge in [0, 0.05) is 44.7 Å². The number of hydrogen-bond donors (Lipinski definition) is 1. The van der Waals surface area contributed by atoms with E-state index in [0.717, 1.165) is 0 Å². The minimum absolute atomic E-state index is 0.0210. The van der Waals surface area contributed by atoms with Gasteiger partial charge < -0.3 is 9.88 Å². The lowest BCUT2D eigenvalue weighted by molar-refractivity contribution is -0.116. The van der Waals surface area contributed by atoms with Crippen LogP contribution in [-0.2, 0) is 11.3 Å². The molecule has 1 N–H and O–H groups in total. The molecular weight excluding hydrogens is 482 g/mol. The van der Waals surface area contributed by atoms with Gasteiger partial charge in [-0.25, -0.2) is 0 Å². The normalized spacial score (nSPS) is 10.8. The Morgan fingerprint density at radius 1 is 1.06 bits per heavy atom. The number of carbonyl (C=O) groups is 2. The SMILES string of the molecule is O=C(Cn1cc(C(=O)c2ccncc2)c(=O)c2cc(Br)ccc21)Nc1cccc(Cl)c1. The van der Waals surface area contributed by atoms with E-state index in [1.165, 1.54) is 18.6 Å². The fourth-order valence-electron chi connectivity index (χ4n) is 3.24. The van der Waals surface area contributed by atoms with Gasteiger partial charge in [0.25, 0.3) is 0 Å². The number of anilines is 1. The molecule has 2 heterocycles. The highest BCUT2D eigenvalue weighted by Gasteiger charge is 2.18. The molecule has 0 bridgehead atoms. The highest BCUT2D eigenvalue weighted by Crippen LogP contribution is 2.20. The summed E-state index contributed by atoms with van der Waals surface area (Å²) in [6.45, 7) is -0.0957. The summed E-state index contributed by atoms with van der Waals surface area (Å²) < 4.78 is 2.29.